The third-order valence-corrected chi connectivity index (χ3v) is 6.86. The van der Waals surface area contributed by atoms with Crippen molar-refractivity contribution in [3.8, 4) is 0 Å². The molecule has 0 atom stereocenters. The Bertz CT molecular complexity index is 356. The van der Waals surface area contributed by atoms with Gasteiger partial charge in [0.1, 0.15) is 0 Å². The minimum Gasteiger partial charge on any atom is -0.381 e. The van der Waals surface area contributed by atoms with Gasteiger partial charge in [0.25, 0.3) is 0 Å². The third-order valence-electron chi connectivity index (χ3n) is 5.44. The number of guanidine groups is 1. The summed E-state index contributed by atoms with van der Waals surface area (Å²) in [6.45, 7) is 3.78. The Hall–Kier alpha value is 0.310. The standard InChI is InChI=1S/C18H35N3OS.HI/c1-19-17(20-12-6-9-16-7-4-3-5-8-16)21-15-18(23-2)10-13-22-14-11-18;/h16H,3-15H2,1-2H3,(H2,19,20,21);1H. The highest BCUT2D eigenvalue weighted by Gasteiger charge is 2.31. The van der Waals surface area contributed by atoms with Gasteiger partial charge in [-0.05, 0) is 37.9 Å². The van der Waals surface area contributed by atoms with Crippen molar-refractivity contribution in [3.63, 3.8) is 0 Å². The third kappa shape index (κ3) is 7.68. The summed E-state index contributed by atoms with van der Waals surface area (Å²) in [6.07, 6.45) is 14.3. The van der Waals surface area contributed by atoms with Crippen LogP contribution in [0.25, 0.3) is 0 Å². The summed E-state index contributed by atoms with van der Waals surface area (Å²) >= 11 is 1.97. The molecule has 0 unspecified atom stereocenters. The summed E-state index contributed by atoms with van der Waals surface area (Å²) in [4.78, 5) is 4.38. The van der Waals surface area contributed by atoms with Crippen molar-refractivity contribution in [3.05, 3.63) is 0 Å². The smallest absolute Gasteiger partial charge is 0.191 e. The van der Waals surface area contributed by atoms with E-state index in [9.17, 15) is 0 Å². The quantitative estimate of drug-likeness (QED) is 0.256. The molecular formula is C18H36IN3OS. The molecule has 0 aromatic rings. The average molecular weight is 469 g/mol. The maximum Gasteiger partial charge on any atom is 0.191 e. The number of nitrogens with one attached hydrogen (secondary N) is 2. The fourth-order valence-electron chi connectivity index (χ4n) is 3.74. The van der Waals surface area contributed by atoms with Crippen molar-refractivity contribution in [1.29, 1.82) is 0 Å². The first-order valence-corrected chi connectivity index (χ1v) is 10.6. The number of hydrogen-bond acceptors (Lipinski definition) is 3. The number of hydrogen-bond donors (Lipinski definition) is 2. The molecule has 0 aromatic carbocycles. The van der Waals surface area contributed by atoms with Crippen LogP contribution in [0.1, 0.15) is 57.8 Å². The lowest BCUT2D eigenvalue weighted by atomic mass is 9.86. The molecule has 0 aromatic heterocycles. The van der Waals surface area contributed by atoms with Gasteiger partial charge in [-0.1, -0.05) is 32.1 Å². The summed E-state index contributed by atoms with van der Waals surface area (Å²) < 4.78 is 5.81. The minimum absolute atomic E-state index is 0. The number of halogens is 1. The van der Waals surface area contributed by atoms with E-state index in [1.54, 1.807) is 0 Å². The van der Waals surface area contributed by atoms with Gasteiger partial charge in [-0.2, -0.15) is 11.8 Å². The Balaban J connectivity index is 0.00000288. The van der Waals surface area contributed by atoms with E-state index in [1.165, 1.54) is 44.9 Å². The number of rotatable bonds is 7. The zero-order valence-corrected chi connectivity index (χ0v) is 18.6. The molecule has 2 N–H and O–H groups in total. The zero-order valence-electron chi connectivity index (χ0n) is 15.4. The molecule has 2 aliphatic rings. The van der Waals surface area contributed by atoms with Gasteiger partial charge in [-0.25, -0.2) is 0 Å². The van der Waals surface area contributed by atoms with Crippen molar-refractivity contribution in [2.45, 2.75) is 62.5 Å². The Morgan fingerprint density at radius 3 is 2.50 bits per heavy atom. The lowest BCUT2D eigenvalue weighted by Crippen LogP contribution is -2.48. The first-order chi connectivity index (χ1) is 11.3. The highest BCUT2D eigenvalue weighted by Crippen LogP contribution is 2.33. The largest absolute Gasteiger partial charge is 0.381 e. The van der Waals surface area contributed by atoms with E-state index in [0.29, 0.717) is 4.75 Å². The minimum atomic E-state index is 0. The Morgan fingerprint density at radius 1 is 1.17 bits per heavy atom. The van der Waals surface area contributed by atoms with Gasteiger partial charge in [0.15, 0.2) is 5.96 Å². The topological polar surface area (TPSA) is 45.7 Å². The molecule has 142 valence electrons. The van der Waals surface area contributed by atoms with Gasteiger partial charge in [-0.15, -0.1) is 24.0 Å². The van der Waals surface area contributed by atoms with Crippen molar-refractivity contribution in [2.75, 3.05) is 39.6 Å². The second kappa shape index (κ2) is 12.6. The first kappa shape index (κ1) is 22.4. The molecule has 1 saturated heterocycles. The molecule has 0 bridgehead atoms. The maximum atomic E-state index is 5.51. The van der Waals surface area contributed by atoms with Gasteiger partial charge >= 0.3 is 0 Å². The average Bonchev–Trinajstić information content (AvgIpc) is 2.63. The van der Waals surface area contributed by atoms with Crippen LogP contribution < -0.4 is 10.6 Å². The van der Waals surface area contributed by atoms with Crippen LogP contribution in [0.4, 0.5) is 0 Å². The number of nitrogens with zero attached hydrogens (tertiary/aromatic N) is 1. The molecule has 1 heterocycles. The second-order valence-corrected chi connectivity index (χ2v) is 8.27. The summed E-state index contributed by atoms with van der Waals surface area (Å²) in [5.74, 6) is 1.93. The Morgan fingerprint density at radius 2 is 1.88 bits per heavy atom. The zero-order chi connectivity index (χ0) is 16.4. The van der Waals surface area contributed by atoms with Gasteiger partial charge in [-0.3, -0.25) is 4.99 Å². The van der Waals surface area contributed by atoms with E-state index in [0.717, 1.165) is 51.0 Å². The van der Waals surface area contributed by atoms with Crippen LogP contribution in [0.3, 0.4) is 0 Å². The van der Waals surface area contributed by atoms with Crippen LogP contribution in [0.5, 0.6) is 0 Å². The molecule has 1 aliphatic carbocycles. The van der Waals surface area contributed by atoms with Crippen LogP contribution in [-0.2, 0) is 4.74 Å². The van der Waals surface area contributed by atoms with Crippen LogP contribution >= 0.6 is 35.7 Å². The molecule has 1 saturated carbocycles. The summed E-state index contributed by atoms with van der Waals surface area (Å²) in [5, 5.41) is 7.02. The molecular weight excluding hydrogens is 433 g/mol. The van der Waals surface area contributed by atoms with E-state index >= 15 is 0 Å². The maximum absolute atomic E-state index is 5.51. The summed E-state index contributed by atoms with van der Waals surface area (Å²) in [6, 6.07) is 0. The predicted molar refractivity (Wildman–Crippen MR) is 117 cm³/mol. The van der Waals surface area contributed by atoms with Gasteiger partial charge in [0.05, 0.1) is 0 Å². The first-order valence-electron chi connectivity index (χ1n) is 9.35. The normalized spacial score (nSPS) is 21.8. The van der Waals surface area contributed by atoms with Crippen molar-refractivity contribution < 1.29 is 4.74 Å². The highest BCUT2D eigenvalue weighted by atomic mass is 127. The molecule has 1 aliphatic heterocycles. The van der Waals surface area contributed by atoms with Crippen molar-refractivity contribution >= 4 is 41.7 Å². The lowest BCUT2D eigenvalue weighted by Gasteiger charge is -2.36. The van der Waals surface area contributed by atoms with Crippen LogP contribution in [-0.4, -0.2) is 50.3 Å². The fourth-order valence-corrected chi connectivity index (χ4v) is 4.53. The number of ether oxygens (including phenoxy) is 1. The molecule has 2 rings (SSSR count). The Kier molecular flexibility index (Phi) is 11.8. The van der Waals surface area contributed by atoms with Crippen LogP contribution in [0.15, 0.2) is 4.99 Å². The van der Waals surface area contributed by atoms with E-state index in [1.807, 2.05) is 18.8 Å². The fraction of sp³-hybridized carbons (Fsp3) is 0.944. The number of thioether (sulfide) groups is 1. The van der Waals surface area contributed by atoms with Gasteiger partial charge < -0.3 is 15.4 Å². The monoisotopic (exact) mass is 469 g/mol. The SMILES string of the molecule is CN=C(NCCCC1CCCCC1)NCC1(SC)CCOCC1.I. The number of aliphatic imine (C=N–C) groups is 1. The van der Waals surface area contributed by atoms with E-state index in [-0.39, 0.29) is 24.0 Å². The molecule has 0 spiro atoms. The van der Waals surface area contributed by atoms with Gasteiger partial charge in [0, 0.05) is 38.1 Å². The van der Waals surface area contributed by atoms with Crippen LogP contribution in [0, 0.1) is 5.92 Å². The summed E-state index contributed by atoms with van der Waals surface area (Å²) in [5.41, 5.74) is 0. The summed E-state index contributed by atoms with van der Waals surface area (Å²) in [7, 11) is 1.87. The van der Waals surface area contributed by atoms with E-state index in [2.05, 4.69) is 21.9 Å². The van der Waals surface area contributed by atoms with E-state index < -0.39 is 0 Å². The second-order valence-electron chi connectivity index (χ2n) is 7.00. The predicted octanol–water partition coefficient (Wildman–Crippen LogP) is 4.04. The van der Waals surface area contributed by atoms with Crippen molar-refractivity contribution in [1.82, 2.24) is 10.6 Å². The van der Waals surface area contributed by atoms with Crippen LogP contribution in [0.2, 0.25) is 0 Å². The Labute approximate surface area is 169 Å². The molecule has 4 nitrogen and oxygen atoms in total. The molecule has 2 fully saturated rings. The van der Waals surface area contributed by atoms with Gasteiger partial charge in [0.2, 0.25) is 0 Å². The van der Waals surface area contributed by atoms with Crippen molar-refractivity contribution in [2.24, 2.45) is 10.9 Å². The molecule has 0 radical (unpaired) electrons. The molecule has 6 heteroatoms. The molecule has 0 amide bonds. The molecule has 24 heavy (non-hydrogen) atoms. The van der Waals surface area contributed by atoms with E-state index in [4.69, 9.17) is 4.74 Å². The highest BCUT2D eigenvalue weighted by molar-refractivity contribution is 14.0. The lowest BCUT2D eigenvalue weighted by molar-refractivity contribution is 0.0783.